The van der Waals surface area contributed by atoms with Crippen LogP contribution >= 0.6 is 0 Å². The van der Waals surface area contributed by atoms with Crippen molar-refractivity contribution in [2.75, 3.05) is 18.6 Å². The van der Waals surface area contributed by atoms with Gasteiger partial charge in [-0.05, 0) is 11.1 Å². The Morgan fingerprint density at radius 3 is 1.84 bits per heavy atom. The van der Waals surface area contributed by atoms with Crippen molar-refractivity contribution in [1.29, 1.82) is 0 Å². The van der Waals surface area contributed by atoms with E-state index in [9.17, 15) is 4.21 Å². The van der Waals surface area contributed by atoms with Crippen LogP contribution in [0.5, 0.6) is 0 Å². The molecular formula is C16H19NOS. The Balaban J connectivity index is 2.17. The molecule has 0 aliphatic rings. The molecule has 2 nitrogen and oxygen atoms in total. The lowest BCUT2D eigenvalue weighted by Crippen LogP contribution is -2.26. The van der Waals surface area contributed by atoms with E-state index in [1.54, 1.807) is 6.26 Å². The molecular weight excluding hydrogens is 254 g/mol. The van der Waals surface area contributed by atoms with Gasteiger partial charge in [0.25, 0.3) is 0 Å². The Morgan fingerprint density at radius 1 is 0.947 bits per heavy atom. The van der Waals surface area contributed by atoms with Crippen LogP contribution in [0.2, 0.25) is 0 Å². The van der Waals surface area contributed by atoms with Crippen LogP contribution in [0, 0.1) is 0 Å². The van der Waals surface area contributed by atoms with Gasteiger partial charge in [0.2, 0.25) is 0 Å². The van der Waals surface area contributed by atoms with Crippen LogP contribution in [0.1, 0.15) is 17.2 Å². The SMILES string of the molecule is CS(=O)CCNC(c1ccccc1)c1ccccc1. The zero-order valence-electron chi connectivity index (χ0n) is 11.1. The van der Waals surface area contributed by atoms with E-state index in [4.69, 9.17) is 0 Å². The van der Waals surface area contributed by atoms with Gasteiger partial charge in [-0.25, -0.2) is 0 Å². The quantitative estimate of drug-likeness (QED) is 0.877. The normalized spacial score (nSPS) is 12.5. The van der Waals surface area contributed by atoms with Crippen molar-refractivity contribution in [2.24, 2.45) is 0 Å². The van der Waals surface area contributed by atoms with E-state index in [1.165, 1.54) is 11.1 Å². The van der Waals surface area contributed by atoms with Gasteiger partial charge >= 0.3 is 0 Å². The van der Waals surface area contributed by atoms with Crippen LogP contribution in [0.4, 0.5) is 0 Å². The predicted molar refractivity (Wildman–Crippen MR) is 81.7 cm³/mol. The van der Waals surface area contributed by atoms with Crippen LogP contribution in [0.3, 0.4) is 0 Å². The fraction of sp³-hybridized carbons (Fsp3) is 0.250. The van der Waals surface area contributed by atoms with E-state index in [2.05, 4.69) is 29.6 Å². The van der Waals surface area contributed by atoms with E-state index in [0.29, 0.717) is 5.75 Å². The molecule has 0 aliphatic carbocycles. The summed E-state index contributed by atoms with van der Waals surface area (Å²) in [5, 5.41) is 3.49. The lowest BCUT2D eigenvalue weighted by molar-refractivity contribution is 0.627. The van der Waals surface area contributed by atoms with Gasteiger partial charge in [0.1, 0.15) is 0 Å². The Hall–Kier alpha value is -1.45. The molecule has 3 heteroatoms. The van der Waals surface area contributed by atoms with Crippen LogP contribution in [-0.4, -0.2) is 22.8 Å². The minimum atomic E-state index is -0.757. The molecule has 1 N–H and O–H groups in total. The molecule has 19 heavy (non-hydrogen) atoms. The second-order valence-electron chi connectivity index (χ2n) is 4.49. The van der Waals surface area contributed by atoms with Crippen molar-refractivity contribution in [3.63, 3.8) is 0 Å². The summed E-state index contributed by atoms with van der Waals surface area (Å²) in [6, 6.07) is 20.9. The molecule has 100 valence electrons. The highest BCUT2D eigenvalue weighted by atomic mass is 32.2. The molecule has 0 aliphatic heterocycles. The zero-order chi connectivity index (χ0) is 13.5. The highest BCUT2D eigenvalue weighted by Crippen LogP contribution is 2.21. The Morgan fingerprint density at radius 2 is 1.42 bits per heavy atom. The fourth-order valence-corrected chi connectivity index (χ4v) is 2.47. The molecule has 0 aromatic heterocycles. The van der Waals surface area contributed by atoms with Gasteiger partial charge in [-0.3, -0.25) is 4.21 Å². The van der Waals surface area contributed by atoms with Gasteiger partial charge in [0.15, 0.2) is 0 Å². The molecule has 2 aromatic carbocycles. The molecule has 1 unspecified atom stereocenters. The monoisotopic (exact) mass is 273 g/mol. The number of benzene rings is 2. The number of hydrogen-bond acceptors (Lipinski definition) is 2. The highest BCUT2D eigenvalue weighted by molar-refractivity contribution is 7.84. The Kier molecular flexibility index (Phi) is 5.31. The van der Waals surface area contributed by atoms with Gasteiger partial charge in [0, 0.05) is 29.4 Å². The Labute approximate surface area is 117 Å². The molecule has 0 saturated heterocycles. The molecule has 2 aromatic rings. The van der Waals surface area contributed by atoms with Crippen molar-refractivity contribution in [3.8, 4) is 0 Å². The summed E-state index contributed by atoms with van der Waals surface area (Å²) in [7, 11) is -0.757. The summed E-state index contributed by atoms with van der Waals surface area (Å²) in [6.07, 6.45) is 1.74. The molecule has 0 saturated carbocycles. The summed E-state index contributed by atoms with van der Waals surface area (Å²) in [5.41, 5.74) is 2.46. The maximum absolute atomic E-state index is 11.2. The summed E-state index contributed by atoms with van der Waals surface area (Å²) < 4.78 is 11.2. The molecule has 2 rings (SSSR count). The first-order valence-electron chi connectivity index (χ1n) is 6.40. The van der Waals surface area contributed by atoms with Gasteiger partial charge in [0.05, 0.1) is 6.04 Å². The molecule has 0 radical (unpaired) electrons. The molecule has 0 heterocycles. The largest absolute Gasteiger partial charge is 0.305 e. The average Bonchev–Trinajstić information content (AvgIpc) is 2.45. The minimum absolute atomic E-state index is 0.158. The second-order valence-corrected chi connectivity index (χ2v) is 6.04. The van der Waals surface area contributed by atoms with Crippen LogP contribution in [-0.2, 0) is 10.8 Å². The number of nitrogens with one attached hydrogen (secondary N) is 1. The van der Waals surface area contributed by atoms with E-state index in [1.807, 2.05) is 36.4 Å². The molecule has 1 atom stereocenters. The fourth-order valence-electron chi connectivity index (χ4n) is 2.07. The second kappa shape index (κ2) is 7.22. The summed E-state index contributed by atoms with van der Waals surface area (Å²) >= 11 is 0. The third kappa shape index (κ3) is 4.30. The van der Waals surface area contributed by atoms with Crippen molar-refractivity contribution >= 4 is 10.8 Å². The van der Waals surface area contributed by atoms with E-state index in [-0.39, 0.29) is 6.04 Å². The third-order valence-electron chi connectivity index (χ3n) is 3.00. The zero-order valence-corrected chi connectivity index (χ0v) is 11.9. The third-order valence-corrected chi connectivity index (χ3v) is 3.78. The molecule has 0 bridgehead atoms. The van der Waals surface area contributed by atoms with Crippen molar-refractivity contribution in [3.05, 3.63) is 71.8 Å². The minimum Gasteiger partial charge on any atom is -0.305 e. The molecule has 0 amide bonds. The van der Waals surface area contributed by atoms with Crippen LogP contribution in [0.15, 0.2) is 60.7 Å². The number of hydrogen-bond donors (Lipinski definition) is 1. The smallest absolute Gasteiger partial charge is 0.0577 e. The molecule has 0 fully saturated rings. The Bertz CT molecular complexity index is 473. The van der Waals surface area contributed by atoms with E-state index >= 15 is 0 Å². The first kappa shape index (κ1) is 14.0. The van der Waals surface area contributed by atoms with Crippen molar-refractivity contribution in [1.82, 2.24) is 5.32 Å². The maximum atomic E-state index is 11.2. The summed E-state index contributed by atoms with van der Waals surface area (Å²) in [5.74, 6) is 0.677. The van der Waals surface area contributed by atoms with Crippen LogP contribution < -0.4 is 5.32 Å². The first-order valence-corrected chi connectivity index (χ1v) is 8.13. The van der Waals surface area contributed by atoms with E-state index in [0.717, 1.165) is 6.54 Å². The summed E-state index contributed by atoms with van der Waals surface area (Å²) in [4.78, 5) is 0. The van der Waals surface area contributed by atoms with Gasteiger partial charge in [-0.1, -0.05) is 60.7 Å². The van der Waals surface area contributed by atoms with Gasteiger partial charge in [-0.15, -0.1) is 0 Å². The highest BCUT2D eigenvalue weighted by Gasteiger charge is 2.12. The number of rotatable bonds is 6. The average molecular weight is 273 g/mol. The first-order chi connectivity index (χ1) is 9.27. The van der Waals surface area contributed by atoms with E-state index < -0.39 is 10.8 Å². The molecule has 0 spiro atoms. The lowest BCUT2D eigenvalue weighted by atomic mass is 9.99. The van der Waals surface area contributed by atoms with Crippen molar-refractivity contribution in [2.45, 2.75) is 6.04 Å². The van der Waals surface area contributed by atoms with Crippen LogP contribution in [0.25, 0.3) is 0 Å². The van der Waals surface area contributed by atoms with Gasteiger partial charge < -0.3 is 5.32 Å². The topological polar surface area (TPSA) is 29.1 Å². The lowest BCUT2D eigenvalue weighted by Gasteiger charge is -2.19. The summed E-state index contributed by atoms with van der Waals surface area (Å²) in [6.45, 7) is 0.748. The van der Waals surface area contributed by atoms with Crippen molar-refractivity contribution < 1.29 is 4.21 Å². The predicted octanol–water partition coefficient (Wildman–Crippen LogP) is 2.74. The van der Waals surface area contributed by atoms with Gasteiger partial charge in [-0.2, -0.15) is 0 Å². The standard InChI is InChI=1S/C16H19NOS/c1-19(18)13-12-17-16(14-8-4-2-5-9-14)15-10-6-3-7-11-15/h2-11,16-17H,12-13H2,1H3. The maximum Gasteiger partial charge on any atom is 0.0577 e.